The van der Waals surface area contributed by atoms with Crippen molar-refractivity contribution < 1.29 is 12.8 Å². The van der Waals surface area contributed by atoms with Crippen molar-refractivity contribution in [1.29, 1.82) is 0 Å². The van der Waals surface area contributed by atoms with Gasteiger partial charge in [0.1, 0.15) is 5.65 Å². The van der Waals surface area contributed by atoms with Gasteiger partial charge in [-0.25, -0.2) is 13.9 Å². The van der Waals surface area contributed by atoms with Crippen molar-refractivity contribution in [3.63, 3.8) is 0 Å². The summed E-state index contributed by atoms with van der Waals surface area (Å²) >= 11 is 3.51. The van der Waals surface area contributed by atoms with Gasteiger partial charge in [0.2, 0.25) is 0 Å². The van der Waals surface area contributed by atoms with Gasteiger partial charge in [0.05, 0.1) is 17.9 Å². The minimum Gasteiger partial charge on any atom is -0.411 e. The molecule has 0 fully saturated rings. The average Bonchev–Trinajstić information content (AvgIpc) is 3.25. The van der Waals surface area contributed by atoms with E-state index in [-0.39, 0.29) is 5.04 Å². The second kappa shape index (κ2) is 7.86. The molecule has 0 aromatic carbocycles. The number of pyridine rings is 1. The Balaban J connectivity index is 2.06. The Kier molecular flexibility index (Phi) is 6.06. The molecule has 0 spiro atoms. The van der Waals surface area contributed by atoms with Crippen LogP contribution in [0.3, 0.4) is 0 Å². The van der Waals surface area contributed by atoms with Crippen LogP contribution in [0.1, 0.15) is 26.5 Å². The Morgan fingerprint density at radius 1 is 1.23 bits per heavy atom. The molecule has 0 saturated carbocycles. The molecule has 3 aromatic rings. The fraction of sp³-hybridized carbons (Fsp3) is 0.474. The third kappa shape index (κ3) is 4.26. The quantitative estimate of drug-likeness (QED) is 0.462. The largest absolute Gasteiger partial charge is 0.411 e. The third-order valence-electron chi connectivity index (χ3n) is 5.51. The Hall–Kier alpha value is -1.53. The molecule has 0 aliphatic rings. The summed E-state index contributed by atoms with van der Waals surface area (Å²) in [7, 11) is -2.66. The monoisotopic (exact) mass is 513 g/mol. The minimum atomic E-state index is -3.72. The SMILES string of the molecule is CN(C)S(=O)(=O)n1ccnc1-c1cc(Br)cn2cc(CO[Si](C)(C)C(C)(C)C)nc12. The highest BCUT2D eigenvalue weighted by Crippen LogP contribution is 2.37. The summed E-state index contributed by atoms with van der Waals surface area (Å²) in [5, 5.41) is 0.103. The summed E-state index contributed by atoms with van der Waals surface area (Å²) in [5.41, 5.74) is 2.01. The van der Waals surface area contributed by atoms with E-state index >= 15 is 0 Å². The minimum absolute atomic E-state index is 0.103. The lowest BCUT2D eigenvalue weighted by molar-refractivity contribution is 0.272. The number of fused-ring (bicyclic) bond motifs is 1. The second-order valence-electron chi connectivity index (χ2n) is 8.92. The van der Waals surface area contributed by atoms with Crippen molar-refractivity contribution in [3.8, 4) is 11.4 Å². The molecule has 0 N–H and O–H groups in total. The highest BCUT2D eigenvalue weighted by atomic mass is 79.9. The number of hydrogen-bond acceptors (Lipinski definition) is 5. The van der Waals surface area contributed by atoms with Gasteiger partial charge >= 0.3 is 10.2 Å². The maximum absolute atomic E-state index is 12.7. The van der Waals surface area contributed by atoms with Crippen LogP contribution in [-0.4, -0.2) is 53.5 Å². The molecule has 0 unspecified atom stereocenters. The standard InChI is InChI=1S/C19H28BrN5O3SSi/c1-19(2,3)30(6,7)28-13-15-12-24-11-14(20)10-16(18(24)22-15)17-21-8-9-25(17)29(26,27)23(4)5/h8-12H,13H2,1-7H3. The molecule has 164 valence electrons. The summed E-state index contributed by atoms with van der Waals surface area (Å²) < 4.78 is 36.7. The zero-order valence-corrected chi connectivity index (χ0v) is 21.7. The first kappa shape index (κ1) is 23.1. The maximum Gasteiger partial charge on any atom is 0.308 e. The smallest absolute Gasteiger partial charge is 0.308 e. The molecule has 0 saturated heterocycles. The van der Waals surface area contributed by atoms with Gasteiger partial charge in [-0.1, -0.05) is 20.8 Å². The molecule has 0 atom stereocenters. The van der Waals surface area contributed by atoms with Gasteiger partial charge in [-0.2, -0.15) is 12.7 Å². The van der Waals surface area contributed by atoms with Gasteiger partial charge < -0.3 is 8.83 Å². The van der Waals surface area contributed by atoms with E-state index in [1.807, 2.05) is 22.9 Å². The Labute approximate surface area is 187 Å². The van der Waals surface area contributed by atoms with Crippen molar-refractivity contribution in [1.82, 2.24) is 22.6 Å². The molecular formula is C19H28BrN5O3SSi. The summed E-state index contributed by atoms with van der Waals surface area (Å²) in [6.45, 7) is 11.4. The number of imidazole rings is 2. The lowest BCUT2D eigenvalue weighted by atomic mass is 10.2. The lowest BCUT2D eigenvalue weighted by Gasteiger charge is -2.35. The van der Waals surface area contributed by atoms with Crippen LogP contribution >= 0.6 is 15.9 Å². The summed E-state index contributed by atoms with van der Waals surface area (Å²) in [4.78, 5) is 9.05. The molecule has 11 heteroatoms. The van der Waals surface area contributed by atoms with Crippen molar-refractivity contribution in [2.45, 2.75) is 45.5 Å². The maximum atomic E-state index is 12.7. The molecule has 0 radical (unpaired) electrons. The van der Waals surface area contributed by atoms with E-state index < -0.39 is 18.5 Å². The molecular weight excluding hydrogens is 486 g/mol. The van der Waals surface area contributed by atoms with Crippen molar-refractivity contribution >= 4 is 40.1 Å². The van der Waals surface area contributed by atoms with Gasteiger partial charge in [0.25, 0.3) is 0 Å². The second-order valence-corrected chi connectivity index (χ2v) is 16.7. The summed E-state index contributed by atoms with van der Waals surface area (Å²) in [6, 6.07) is 1.82. The summed E-state index contributed by atoms with van der Waals surface area (Å²) in [5.74, 6) is 0.303. The van der Waals surface area contributed by atoms with Gasteiger partial charge in [-0.3, -0.25) is 0 Å². The average molecular weight is 515 g/mol. The molecule has 3 heterocycles. The third-order valence-corrected chi connectivity index (χ3v) is 12.1. The van der Waals surface area contributed by atoms with E-state index in [1.165, 1.54) is 26.5 Å². The van der Waals surface area contributed by atoms with E-state index in [0.717, 1.165) is 18.4 Å². The number of halogens is 1. The summed E-state index contributed by atoms with van der Waals surface area (Å²) in [6.07, 6.45) is 6.70. The van der Waals surface area contributed by atoms with Crippen LogP contribution in [0, 0.1) is 0 Å². The Morgan fingerprint density at radius 2 is 1.90 bits per heavy atom. The first-order valence-electron chi connectivity index (χ1n) is 9.52. The first-order chi connectivity index (χ1) is 13.7. The van der Waals surface area contributed by atoms with E-state index in [4.69, 9.17) is 9.41 Å². The van der Waals surface area contributed by atoms with Crippen LogP contribution < -0.4 is 0 Å². The van der Waals surface area contributed by atoms with Crippen molar-refractivity contribution in [3.05, 3.63) is 41.0 Å². The van der Waals surface area contributed by atoms with E-state index in [0.29, 0.717) is 23.6 Å². The normalized spacial score (nSPS) is 13.5. The molecule has 0 aliphatic heterocycles. The fourth-order valence-electron chi connectivity index (χ4n) is 2.66. The molecule has 8 nitrogen and oxygen atoms in total. The van der Waals surface area contributed by atoms with Crippen LogP contribution in [0.5, 0.6) is 0 Å². The first-order valence-corrected chi connectivity index (χ1v) is 14.6. The molecule has 3 aromatic heterocycles. The van der Waals surface area contributed by atoms with E-state index in [9.17, 15) is 8.42 Å². The van der Waals surface area contributed by atoms with Gasteiger partial charge in [-0.05, 0) is 40.1 Å². The van der Waals surface area contributed by atoms with Crippen LogP contribution in [0.25, 0.3) is 17.0 Å². The van der Waals surface area contributed by atoms with Crippen molar-refractivity contribution in [2.24, 2.45) is 0 Å². The highest BCUT2D eigenvalue weighted by molar-refractivity contribution is 9.10. The van der Waals surface area contributed by atoms with E-state index in [2.05, 4.69) is 54.8 Å². The molecule has 0 aliphatic carbocycles. The zero-order valence-electron chi connectivity index (χ0n) is 18.3. The predicted octanol–water partition coefficient (Wildman–Crippen LogP) is 4.14. The van der Waals surface area contributed by atoms with Gasteiger partial charge in [0.15, 0.2) is 14.1 Å². The zero-order chi connectivity index (χ0) is 22.5. The number of hydrogen-bond donors (Lipinski definition) is 0. The molecule has 0 bridgehead atoms. The number of rotatable bonds is 6. The van der Waals surface area contributed by atoms with Crippen LogP contribution in [0.2, 0.25) is 18.1 Å². The lowest BCUT2D eigenvalue weighted by Crippen LogP contribution is -2.40. The van der Waals surface area contributed by atoms with Crippen LogP contribution in [0.4, 0.5) is 0 Å². The molecule has 30 heavy (non-hydrogen) atoms. The Morgan fingerprint density at radius 3 is 2.50 bits per heavy atom. The topological polar surface area (TPSA) is 81.7 Å². The van der Waals surface area contributed by atoms with Gasteiger partial charge in [-0.15, -0.1) is 0 Å². The van der Waals surface area contributed by atoms with Gasteiger partial charge in [0, 0.05) is 43.4 Å². The van der Waals surface area contributed by atoms with Crippen LogP contribution in [0.15, 0.2) is 35.3 Å². The highest BCUT2D eigenvalue weighted by Gasteiger charge is 2.37. The molecule has 3 rings (SSSR count). The molecule has 0 amide bonds. The van der Waals surface area contributed by atoms with Crippen molar-refractivity contribution in [2.75, 3.05) is 14.1 Å². The Bertz CT molecular complexity index is 1180. The van der Waals surface area contributed by atoms with Crippen LogP contribution in [-0.2, 0) is 21.2 Å². The number of aromatic nitrogens is 4. The van der Waals surface area contributed by atoms with E-state index in [1.54, 1.807) is 0 Å². The predicted molar refractivity (Wildman–Crippen MR) is 124 cm³/mol. The number of nitrogens with zero attached hydrogens (tertiary/aromatic N) is 5. The fourth-order valence-corrected chi connectivity index (χ4v) is 4.98.